The normalized spacial score (nSPS) is 11.9. The van der Waals surface area contributed by atoms with Gasteiger partial charge in [-0.1, -0.05) is 23.5 Å². The molecule has 0 aliphatic carbocycles. The fraction of sp³-hybridized carbons (Fsp3) is 0.263. The Hall–Kier alpha value is -2.91. The first kappa shape index (κ1) is 19.8. The number of aromatic nitrogens is 1. The molecule has 9 heteroatoms. The van der Waals surface area contributed by atoms with Gasteiger partial charge >= 0.3 is 0 Å². The van der Waals surface area contributed by atoms with E-state index in [1.54, 1.807) is 18.2 Å². The predicted octanol–water partition coefficient (Wildman–Crippen LogP) is 3.46. The average molecular weight is 403 g/mol. The largest absolute Gasteiger partial charge is 0.380 e. The molecule has 0 bridgehead atoms. The Bertz CT molecular complexity index is 1070. The maximum atomic E-state index is 13.0. The second-order valence-electron chi connectivity index (χ2n) is 5.95. The van der Waals surface area contributed by atoms with Gasteiger partial charge < -0.3 is 9.30 Å². The summed E-state index contributed by atoms with van der Waals surface area (Å²) in [5.74, 6) is -0.745. The highest BCUT2D eigenvalue weighted by Gasteiger charge is 2.13. The van der Waals surface area contributed by atoms with Gasteiger partial charge in [0.2, 0.25) is 0 Å². The molecular formula is C19H18FN3O4S. The van der Waals surface area contributed by atoms with E-state index >= 15 is 0 Å². The zero-order valence-electron chi connectivity index (χ0n) is 15.1. The Morgan fingerprint density at radius 1 is 1.29 bits per heavy atom. The number of non-ortho nitro benzene ring substituents is 1. The van der Waals surface area contributed by atoms with Crippen LogP contribution in [-0.4, -0.2) is 28.6 Å². The van der Waals surface area contributed by atoms with Gasteiger partial charge in [-0.15, -0.1) is 0 Å². The van der Waals surface area contributed by atoms with Crippen LogP contribution < -0.4 is 4.80 Å². The first-order valence-electron chi connectivity index (χ1n) is 8.65. The Kier molecular flexibility index (Phi) is 6.27. The molecule has 0 N–H and O–H groups in total. The van der Waals surface area contributed by atoms with Crippen LogP contribution in [0.15, 0.2) is 47.5 Å². The molecule has 0 saturated carbocycles. The molecule has 2 aromatic carbocycles. The van der Waals surface area contributed by atoms with E-state index in [4.69, 9.17) is 4.74 Å². The van der Waals surface area contributed by atoms with Crippen LogP contribution in [-0.2, 0) is 22.5 Å². The third-order valence-electron chi connectivity index (χ3n) is 4.03. The van der Waals surface area contributed by atoms with Crippen molar-refractivity contribution in [1.82, 2.24) is 4.57 Å². The molecule has 28 heavy (non-hydrogen) atoms. The number of hydrogen-bond acceptors (Lipinski definition) is 5. The highest BCUT2D eigenvalue weighted by Crippen LogP contribution is 2.23. The van der Waals surface area contributed by atoms with Gasteiger partial charge in [-0.3, -0.25) is 14.9 Å². The first-order valence-corrected chi connectivity index (χ1v) is 9.47. The van der Waals surface area contributed by atoms with Gasteiger partial charge in [0.25, 0.3) is 11.6 Å². The number of hydrogen-bond donors (Lipinski definition) is 0. The predicted molar refractivity (Wildman–Crippen MR) is 104 cm³/mol. The van der Waals surface area contributed by atoms with Gasteiger partial charge in [-0.05, 0) is 30.7 Å². The number of thiazole rings is 1. The zero-order valence-corrected chi connectivity index (χ0v) is 15.9. The number of nitrogens with zero attached hydrogens (tertiary/aromatic N) is 3. The quantitative estimate of drug-likeness (QED) is 0.343. The van der Waals surface area contributed by atoms with Crippen molar-refractivity contribution in [3.63, 3.8) is 0 Å². The van der Waals surface area contributed by atoms with Crippen LogP contribution in [0, 0.1) is 15.9 Å². The SMILES string of the molecule is CCOCCn1c(=NC(=O)Cc2ccc(F)cc2)sc2cc([N+](=O)[O-])ccc21. The monoisotopic (exact) mass is 403 g/mol. The first-order chi connectivity index (χ1) is 13.5. The van der Waals surface area contributed by atoms with Crippen molar-refractivity contribution in [3.05, 3.63) is 68.8 Å². The summed E-state index contributed by atoms with van der Waals surface area (Å²) in [7, 11) is 0. The lowest BCUT2D eigenvalue weighted by molar-refractivity contribution is -0.384. The van der Waals surface area contributed by atoms with Gasteiger partial charge in [0, 0.05) is 25.3 Å². The molecule has 0 aliphatic heterocycles. The van der Waals surface area contributed by atoms with Crippen LogP contribution in [0.3, 0.4) is 0 Å². The molecule has 1 heterocycles. The number of carbonyl (C=O) groups excluding carboxylic acids is 1. The fourth-order valence-electron chi connectivity index (χ4n) is 2.70. The van der Waals surface area contributed by atoms with Gasteiger partial charge in [0.05, 0.1) is 28.2 Å². The fourth-order valence-corrected chi connectivity index (χ4v) is 3.81. The van der Waals surface area contributed by atoms with Crippen molar-refractivity contribution in [3.8, 4) is 0 Å². The number of nitro benzene ring substituents is 1. The number of halogens is 1. The molecule has 0 saturated heterocycles. The lowest BCUT2D eigenvalue weighted by atomic mass is 10.1. The minimum atomic E-state index is -0.458. The molecule has 3 rings (SSSR count). The van der Waals surface area contributed by atoms with Gasteiger partial charge in [-0.25, -0.2) is 4.39 Å². The van der Waals surface area contributed by atoms with Crippen molar-refractivity contribution in [2.45, 2.75) is 19.9 Å². The van der Waals surface area contributed by atoms with Crippen molar-refractivity contribution in [1.29, 1.82) is 0 Å². The lowest BCUT2D eigenvalue weighted by Gasteiger charge is -2.05. The molecule has 0 unspecified atom stereocenters. The van der Waals surface area contributed by atoms with E-state index in [-0.39, 0.29) is 23.8 Å². The van der Waals surface area contributed by atoms with E-state index in [9.17, 15) is 19.3 Å². The van der Waals surface area contributed by atoms with Crippen molar-refractivity contribution in [2.75, 3.05) is 13.2 Å². The van der Waals surface area contributed by atoms with E-state index in [0.29, 0.717) is 34.8 Å². The van der Waals surface area contributed by atoms with Crippen molar-refractivity contribution >= 4 is 33.1 Å². The van der Waals surface area contributed by atoms with Crippen LogP contribution in [0.2, 0.25) is 0 Å². The maximum Gasteiger partial charge on any atom is 0.270 e. The van der Waals surface area contributed by atoms with E-state index in [1.807, 2.05) is 11.5 Å². The summed E-state index contributed by atoms with van der Waals surface area (Å²) in [4.78, 5) is 27.6. The molecule has 3 aromatic rings. The van der Waals surface area contributed by atoms with Crippen molar-refractivity contribution < 1.29 is 18.8 Å². The van der Waals surface area contributed by atoms with Crippen LogP contribution in [0.25, 0.3) is 10.2 Å². The summed E-state index contributed by atoms with van der Waals surface area (Å²) >= 11 is 1.21. The molecular weight excluding hydrogens is 385 g/mol. The summed E-state index contributed by atoms with van der Waals surface area (Å²) in [6.07, 6.45) is 0.0418. The molecule has 146 valence electrons. The molecule has 0 fully saturated rings. The van der Waals surface area contributed by atoms with E-state index in [1.165, 1.54) is 35.6 Å². The number of carbonyl (C=O) groups is 1. The number of fused-ring (bicyclic) bond motifs is 1. The Labute approximate surface area is 163 Å². The molecule has 0 radical (unpaired) electrons. The molecule has 0 aliphatic rings. The lowest BCUT2D eigenvalue weighted by Crippen LogP contribution is -2.20. The molecule has 1 amide bonds. The van der Waals surface area contributed by atoms with E-state index < -0.39 is 4.92 Å². The highest BCUT2D eigenvalue weighted by atomic mass is 32.1. The maximum absolute atomic E-state index is 13.0. The summed E-state index contributed by atoms with van der Waals surface area (Å²) in [5, 5.41) is 11.0. The van der Waals surface area contributed by atoms with Gasteiger partial charge in [0.1, 0.15) is 5.82 Å². The minimum absolute atomic E-state index is 0.0186. The summed E-state index contributed by atoms with van der Waals surface area (Å²) in [6.45, 7) is 3.34. The Balaban J connectivity index is 1.97. The number of amides is 1. The van der Waals surface area contributed by atoms with E-state index in [0.717, 1.165) is 5.52 Å². The number of benzene rings is 2. The Morgan fingerprint density at radius 2 is 2.04 bits per heavy atom. The summed E-state index contributed by atoms with van der Waals surface area (Å²) < 4.78 is 20.9. The third kappa shape index (κ3) is 4.68. The average Bonchev–Trinajstić information content (AvgIpc) is 3.00. The van der Waals surface area contributed by atoms with Crippen LogP contribution >= 0.6 is 11.3 Å². The van der Waals surface area contributed by atoms with E-state index in [2.05, 4.69) is 4.99 Å². The van der Waals surface area contributed by atoms with Crippen molar-refractivity contribution in [2.24, 2.45) is 4.99 Å². The summed E-state index contributed by atoms with van der Waals surface area (Å²) in [5.41, 5.74) is 1.39. The number of rotatable bonds is 7. The standard InChI is InChI=1S/C19H18FN3O4S/c1-2-27-10-9-22-16-8-7-15(23(25)26)12-17(16)28-19(22)21-18(24)11-13-3-5-14(20)6-4-13/h3-8,12H,2,9-11H2,1H3. The highest BCUT2D eigenvalue weighted by molar-refractivity contribution is 7.16. The molecule has 0 spiro atoms. The van der Waals surface area contributed by atoms with Gasteiger partial charge in [0.15, 0.2) is 4.80 Å². The number of ether oxygens (including phenoxy) is 1. The topological polar surface area (TPSA) is 86.7 Å². The van der Waals surface area contributed by atoms with Gasteiger partial charge in [-0.2, -0.15) is 4.99 Å². The third-order valence-corrected chi connectivity index (χ3v) is 5.07. The zero-order chi connectivity index (χ0) is 20.1. The Morgan fingerprint density at radius 3 is 2.71 bits per heavy atom. The second kappa shape index (κ2) is 8.85. The van der Waals surface area contributed by atoms with Crippen LogP contribution in [0.1, 0.15) is 12.5 Å². The van der Waals surface area contributed by atoms with Crippen LogP contribution in [0.4, 0.5) is 10.1 Å². The summed E-state index contributed by atoms with van der Waals surface area (Å²) in [6, 6.07) is 10.2. The second-order valence-corrected chi connectivity index (χ2v) is 6.96. The minimum Gasteiger partial charge on any atom is -0.380 e. The molecule has 1 aromatic heterocycles. The molecule has 0 atom stereocenters. The number of nitro groups is 1. The van der Waals surface area contributed by atoms with Crippen LogP contribution in [0.5, 0.6) is 0 Å². The smallest absolute Gasteiger partial charge is 0.270 e. The molecule has 7 nitrogen and oxygen atoms in total.